The molecule has 1 aliphatic heterocycles. The first-order valence-electron chi connectivity index (χ1n) is 3.40. The van der Waals surface area contributed by atoms with Gasteiger partial charge in [0.15, 0.2) is 6.29 Å². The zero-order valence-corrected chi connectivity index (χ0v) is 6.17. The summed E-state index contributed by atoms with van der Waals surface area (Å²) < 4.78 is 10.5. The number of rotatable bonds is 2. The summed E-state index contributed by atoms with van der Waals surface area (Å²) in [5, 5.41) is 3.06. The van der Waals surface area contributed by atoms with Crippen molar-refractivity contribution in [2.75, 3.05) is 20.3 Å². The number of hydrogen-bond donors (Lipinski definition) is 1. The summed E-state index contributed by atoms with van der Waals surface area (Å²) in [7, 11) is 1.89. The molecule has 1 N–H and O–H groups in total. The van der Waals surface area contributed by atoms with Gasteiger partial charge in [-0.3, -0.25) is 0 Å². The average Bonchev–Trinajstić information content (AvgIpc) is 2.05. The largest absolute Gasteiger partial charge is 0.347 e. The van der Waals surface area contributed by atoms with Gasteiger partial charge in [-0.1, -0.05) is 6.58 Å². The van der Waals surface area contributed by atoms with Crippen molar-refractivity contribution < 1.29 is 9.47 Å². The summed E-state index contributed by atoms with van der Waals surface area (Å²) in [6.07, 6.45) is 1.45. The highest BCUT2D eigenvalue weighted by Gasteiger charge is 2.17. The molecule has 1 aliphatic rings. The fourth-order valence-electron chi connectivity index (χ4n) is 0.821. The van der Waals surface area contributed by atoms with Crippen molar-refractivity contribution in [1.82, 2.24) is 5.32 Å². The Morgan fingerprint density at radius 3 is 2.50 bits per heavy atom. The second-order valence-corrected chi connectivity index (χ2v) is 2.26. The SMILES string of the molecule is C=CC1OCC(NC)CO1. The lowest BCUT2D eigenvalue weighted by Gasteiger charge is -2.26. The molecule has 0 aromatic rings. The van der Waals surface area contributed by atoms with E-state index in [9.17, 15) is 0 Å². The van der Waals surface area contributed by atoms with E-state index in [1.165, 1.54) is 0 Å². The average molecular weight is 143 g/mol. The van der Waals surface area contributed by atoms with Crippen molar-refractivity contribution in [3.05, 3.63) is 12.7 Å². The highest BCUT2D eigenvalue weighted by atomic mass is 16.7. The number of hydrogen-bond acceptors (Lipinski definition) is 3. The van der Waals surface area contributed by atoms with E-state index < -0.39 is 0 Å². The van der Waals surface area contributed by atoms with Gasteiger partial charge in [-0.25, -0.2) is 0 Å². The third-order valence-electron chi connectivity index (χ3n) is 1.52. The molecule has 0 amide bonds. The Morgan fingerprint density at radius 1 is 1.50 bits per heavy atom. The molecule has 0 spiro atoms. The maximum atomic E-state index is 5.23. The zero-order valence-electron chi connectivity index (χ0n) is 6.17. The summed E-state index contributed by atoms with van der Waals surface area (Å²) in [6, 6.07) is 0.330. The lowest BCUT2D eigenvalue weighted by Crippen LogP contribution is -2.42. The smallest absolute Gasteiger partial charge is 0.176 e. The highest BCUT2D eigenvalue weighted by molar-refractivity contribution is 4.77. The molecule has 1 heterocycles. The first-order valence-corrected chi connectivity index (χ1v) is 3.40. The van der Waals surface area contributed by atoms with Crippen LogP contribution >= 0.6 is 0 Å². The molecule has 1 saturated heterocycles. The molecule has 0 saturated carbocycles. The third kappa shape index (κ3) is 1.80. The molecular weight excluding hydrogens is 130 g/mol. The van der Waals surface area contributed by atoms with Crippen LogP contribution in [0.4, 0.5) is 0 Å². The fraction of sp³-hybridized carbons (Fsp3) is 0.714. The van der Waals surface area contributed by atoms with E-state index in [-0.39, 0.29) is 6.29 Å². The number of ether oxygens (including phenoxy) is 2. The van der Waals surface area contributed by atoms with Crippen LogP contribution in [0.3, 0.4) is 0 Å². The predicted molar refractivity (Wildman–Crippen MR) is 38.7 cm³/mol. The van der Waals surface area contributed by atoms with Crippen molar-refractivity contribution in [1.29, 1.82) is 0 Å². The van der Waals surface area contributed by atoms with Gasteiger partial charge in [-0.15, -0.1) is 0 Å². The Bertz CT molecular complexity index is 108. The van der Waals surface area contributed by atoms with Crippen LogP contribution in [0.15, 0.2) is 12.7 Å². The monoisotopic (exact) mass is 143 g/mol. The van der Waals surface area contributed by atoms with Crippen LogP contribution in [-0.2, 0) is 9.47 Å². The van der Waals surface area contributed by atoms with Gasteiger partial charge >= 0.3 is 0 Å². The van der Waals surface area contributed by atoms with Crippen molar-refractivity contribution in [3.63, 3.8) is 0 Å². The summed E-state index contributed by atoms with van der Waals surface area (Å²) in [5.74, 6) is 0. The minimum atomic E-state index is -0.204. The van der Waals surface area contributed by atoms with Crippen molar-refractivity contribution in [2.45, 2.75) is 12.3 Å². The topological polar surface area (TPSA) is 30.5 Å². The lowest BCUT2D eigenvalue weighted by atomic mass is 10.3. The highest BCUT2D eigenvalue weighted by Crippen LogP contribution is 2.04. The Kier molecular flexibility index (Phi) is 2.86. The molecule has 0 radical (unpaired) electrons. The second kappa shape index (κ2) is 3.71. The van der Waals surface area contributed by atoms with Gasteiger partial charge in [-0.05, 0) is 13.1 Å². The zero-order chi connectivity index (χ0) is 7.40. The number of likely N-dealkylation sites (N-methyl/N-ethyl adjacent to an activating group) is 1. The standard InChI is InChI=1S/C7H13NO2/c1-3-7-9-4-6(8-2)5-10-7/h3,6-8H,1,4-5H2,2H3. The Balaban J connectivity index is 2.23. The van der Waals surface area contributed by atoms with Crippen LogP contribution in [0.1, 0.15) is 0 Å². The normalized spacial score (nSPS) is 33.7. The number of nitrogens with one attached hydrogen (secondary N) is 1. The van der Waals surface area contributed by atoms with Gasteiger partial charge in [0.25, 0.3) is 0 Å². The van der Waals surface area contributed by atoms with Crippen molar-refractivity contribution in [2.24, 2.45) is 0 Å². The molecule has 0 aliphatic carbocycles. The van der Waals surface area contributed by atoms with E-state index in [0.29, 0.717) is 19.3 Å². The van der Waals surface area contributed by atoms with Gasteiger partial charge in [0, 0.05) is 0 Å². The molecule has 0 atom stereocenters. The predicted octanol–water partition coefficient (Wildman–Crippen LogP) is 0.133. The van der Waals surface area contributed by atoms with Crippen LogP contribution in [0.5, 0.6) is 0 Å². The van der Waals surface area contributed by atoms with Crippen LogP contribution in [0.25, 0.3) is 0 Å². The summed E-state index contributed by atoms with van der Waals surface area (Å²) in [6.45, 7) is 4.97. The van der Waals surface area contributed by atoms with E-state index in [4.69, 9.17) is 9.47 Å². The van der Waals surface area contributed by atoms with Gasteiger partial charge in [0.1, 0.15) is 0 Å². The molecule has 3 nitrogen and oxygen atoms in total. The fourth-order valence-corrected chi connectivity index (χ4v) is 0.821. The van der Waals surface area contributed by atoms with Crippen LogP contribution < -0.4 is 5.32 Å². The third-order valence-corrected chi connectivity index (χ3v) is 1.52. The van der Waals surface area contributed by atoms with Gasteiger partial charge in [0.2, 0.25) is 0 Å². The molecule has 1 rings (SSSR count). The van der Waals surface area contributed by atoms with Crippen LogP contribution in [-0.4, -0.2) is 32.6 Å². The Labute approximate surface area is 61.0 Å². The lowest BCUT2D eigenvalue weighted by molar-refractivity contribution is -0.161. The quantitative estimate of drug-likeness (QED) is 0.557. The van der Waals surface area contributed by atoms with E-state index >= 15 is 0 Å². The van der Waals surface area contributed by atoms with E-state index in [2.05, 4.69) is 11.9 Å². The maximum absolute atomic E-state index is 5.23. The van der Waals surface area contributed by atoms with Crippen LogP contribution in [0, 0.1) is 0 Å². The summed E-state index contributed by atoms with van der Waals surface area (Å²) in [5.41, 5.74) is 0. The molecule has 3 heteroatoms. The van der Waals surface area contributed by atoms with Gasteiger partial charge < -0.3 is 14.8 Å². The second-order valence-electron chi connectivity index (χ2n) is 2.26. The van der Waals surface area contributed by atoms with E-state index in [0.717, 1.165) is 0 Å². The van der Waals surface area contributed by atoms with Gasteiger partial charge in [-0.2, -0.15) is 0 Å². The molecular formula is C7H13NO2. The van der Waals surface area contributed by atoms with Crippen molar-refractivity contribution >= 4 is 0 Å². The van der Waals surface area contributed by atoms with E-state index in [1.807, 2.05) is 7.05 Å². The molecule has 0 unspecified atom stereocenters. The Hall–Kier alpha value is -0.380. The first-order chi connectivity index (χ1) is 4.86. The van der Waals surface area contributed by atoms with Gasteiger partial charge in [0.05, 0.1) is 19.3 Å². The summed E-state index contributed by atoms with van der Waals surface area (Å²) in [4.78, 5) is 0. The molecule has 58 valence electrons. The molecule has 1 fully saturated rings. The van der Waals surface area contributed by atoms with Crippen LogP contribution in [0.2, 0.25) is 0 Å². The maximum Gasteiger partial charge on any atom is 0.176 e. The first kappa shape index (κ1) is 7.72. The van der Waals surface area contributed by atoms with Crippen molar-refractivity contribution in [3.8, 4) is 0 Å². The summed E-state index contributed by atoms with van der Waals surface area (Å²) >= 11 is 0. The minimum absolute atomic E-state index is 0.204. The van der Waals surface area contributed by atoms with E-state index in [1.54, 1.807) is 6.08 Å². The molecule has 0 aromatic carbocycles. The molecule has 0 aromatic heterocycles. The molecule has 0 bridgehead atoms. The Morgan fingerprint density at radius 2 is 2.10 bits per heavy atom. The minimum Gasteiger partial charge on any atom is -0.347 e. The molecule has 10 heavy (non-hydrogen) atoms.